The lowest BCUT2D eigenvalue weighted by atomic mass is 10.1. The van der Waals surface area contributed by atoms with Crippen LogP contribution >= 0.6 is 11.3 Å². The topological polar surface area (TPSA) is 47.0 Å². The van der Waals surface area contributed by atoms with Crippen LogP contribution in [-0.4, -0.2) is 29.7 Å². The van der Waals surface area contributed by atoms with E-state index in [1.807, 2.05) is 7.05 Å². The standard InChI is InChI=1S/C14H19N3OS/c1-8-9(2)19-14-12(8)13(15-3)16-11(17-14)7-10-5-4-6-18-10/h10H,4-7H2,1-3H3,(H,15,16,17). The first-order chi connectivity index (χ1) is 9.19. The molecule has 1 N–H and O–H groups in total. The van der Waals surface area contributed by atoms with Gasteiger partial charge in [-0.3, -0.25) is 0 Å². The van der Waals surface area contributed by atoms with E-state index in [9.17, 15) is 0 Å². The third kappa shape index (κ3) is 2.32. The second-order valence-corrected chi connectivity index (χ2v) is 6.24. The fourth-order valence-electron chi connectivity index (χ4n) is 2.57. The first-order valence-corrected chi connectivity index (χ1v) is 7.56. The Morgan fingerprint density at radius 3 is 2.89 bits per heavy atom. The Bertz CT molecular complexity index is 602. The van der Waals surface area contributed by atoms with E-state index < -0.39 is 0 Å². The Morgan fingerprint density at radius 2 is 2.21 bits per heavy atom. The molecule has 2 aromatic rings. The minimum atomic E-state index is 0.296. The number of rotatable bonds is 3. The summed E-state index contributed by atoms with van der Waals surface area (Å²) >= 11 is 1.75. The number of hydrogen-bond donors (Lipinski definition) is 1. The summed E-state index contributed by atoms with van der Waals surface area (Å²) in [6.07, 6.45) is 3.40. The smallest absolute Gasteiger partial charge is 0.138 e. The van der Waals surface area contributed by atoms with Crippen molar-refractivity contribution in [2.45, 2.75) is 39.2 Å². The van der Waals surface area contributed by atoms with Crippen LogP contribution in [0.15, 0.2) is 0 Å². The van der Waals surface area contributed by atoms with Crippen LogP contribution in [0.3, 0.4) is 0 Å². The highest BCUT2D eigenvalue weighted by Gasteiger charge is 2.19. The largest absolute Gasteiger partial charge is 0.378 e. The Kier molecular flexibility index (Phi) is 3.41. The molecule has 3 heterocycles. The summed E-state index contributed by atoms with van der Waals surface area (Å²) in [5.74, 6) is 1.84. The normalized spacial score (nSPS) is 19.2. The summed E-state index contributed by atoms with van der Waals surface area (Å²) < 4.78 is 5.67. The Morgan fingerprint density at radius 1 is 1.37 bits per heavy atom. The van der Waals surface area contributed by atoms with Crippen molar-refractivity contribution in [2.24, 2.45) is 0 Å². The van der Waals surface area contributed by atoms with Crippen LogP contribution in [0, 0.1) is 13.8 Å². The number of aromatic nitrogens is 2. The maximum atomic E-state index is 5.67. The molecule has 1 saturated heterocycles. The zero-order chi connectivity index (χ0) is 13.4. The molecule has 1 aliphatic heterocycles. The molecule has 1 fully saturated rings. The molecule has 0 amide bonds. The lowest BCUT2D eigenvalue weighted by Crippen LogP contribution is -2.12. The van der Waals surface area contributed by atoms with Gasteiger partial charge in [-0.2, -0.15) is 0 Å². The first kappa shape index (κ1) is 12.8. The van der Waals surface area contributed by atoms with Gasteiger partial charge < -0.3 is 10.1 Å². The van der Waals surface area contributed by atoms with Crippen LogP contribution in [0.25, 0.3) is 10.2 Å². The van der Waals surface area contributed by atoms with Crippen LogP contribution in [0.1, 0.15) is 29.1 Å². The number of aryl methyl sites for hydroxylation is 2. The van der Waals surface area contributed by atoms with Crippen LogP contribution in [0.5, 0.6) is 0 Å². The van der Waals surface area contributed by atoms with Gasteiger partial charge in [0.2, 0.25) is 0 Å². The van der Waals surface area contributed by atoms with Gasteiger partial charge in [-0.1, -0.05) is 0 Å². The van der Waals surface area contributed by atoms with Gasteiger partial charge in [0.05, 0.1) is 11.5 Å². The van der Waals surface area contributed by atoms with E-state index in [1.54, 1.807) is 11.3 Å². The number of anilines is 1. The highest BCUT2D eigenvalue weighted by molar-refractivity contribution is 7.18. The number of nitrogens with one attached hydrogen (secondary N) is 1. The molecule has 0 aliphatic carbocycles. The average Bonchev–Trinajstić information content (AvgIpc) is 2.98. The Labute approximate surface area is 117 Å². The van der Waals surface area contributed by atoms with Crippen molar-refractivity contribution in [3.8, 4) is 0 Å². The van der Waals surface area contributed by atoms with E-state index >= 15 is 0 Å². The van der Waals surface area contributed by atoms with E-state index in [1.165, 1.54) is 15.8 Å². The summed E-state index contributed by atoms with van der Waals surface area (Å²) in [6, 6.07) is 0. The maximum absolute atomic E-state index is 5.67. The quantitative estimate of drug-likeness (QED) is 0.936. The highest BCUT2D eigenvalue weighted by Crippen LogP contribution is 2.33. The van der Waals surface area contributed by atoms with Crippen molar-refractivity contribution >= 4 is 27.4 Å². The molecule has 1 aliphatic rings. The SMILES string of the molecule is CNc1nc(CC2CCCO2)nc2sc(C)c(C)c12. The molecule has 5 heteroatoms. The molecule has 2 aromatic heterocycles. The summed E-state index contributed by atoms with van der Waals surface area (Å²) in [6.45, 7) is 5.15. The van der Waals surface area contributed by atoms with Crippen LogP contribution in [0.2, 0.25) is 0 Å². The lowest BCUT2D eigenvalue weighted by Gasteiger charge is -2.10. The summed E-state index contributed by atoms with van der Waals surface area (Å²) in [4.78, 5) is 11.8. The molecule has 0 bridgehead atoms. The number of hydrogen-bond acceptors (Lipinski definition) is 5. The van der Waals surface area contributed by atoms with Gasteiger partial charge in [-0.25, -0.2) is 9.97 Å². The number of thiophene rings is 1. The third-order valence-corrected chi connectivity index (χ3v) is 4.85. The molecule has 3 rings (SSSR count). The molecule has 0 aromatic carbocycles. The average molecular weight is 277 g/mol. The minimum absolute atomic E-state index is 0.296. The fourth-order valence-corrected chi connectivity index (χ4v) is 3.62. The van der Waals surface area contributed by atoms with Crippen LogP contribution < -0.4 is 5.32 Å². The van der Waals surface area contributed by atoms with Gasteiger partial charge >= 0.3 is 0 Å². The fraction of sp³-hybridized carbons (Fsp3) is 0.571. The molecule has 1 atom stereocenters. The Balaban J connectivity index is 2.01. The molecule has 0 spiro atoms. The van der Waals surface area contributed by atoms with Crippen molar-refractivity contribution in [3.05, 3.63) is 16.3 Å². The van der Waals surface area contributed by atoms with E-state index in [0.717, 1.165) is 42.3 Å². The molecule has 4 nitrogen and oxygen atoms in total. The van der Waals surface area contributed by atoms with Crippen molar-refractivity contribution in [1.29, 1.82) is 0 Å². The number of fused-ring (bicyclic) bond motifs is 1. The predicted molar refractivity (Wildman–Crippen MR) is 79.1 cm³/mol. The molecular weight excluding hydrogens is 258 g/mol. The van der Waals surface area contributed by atoms with E-state index in [2.05, 4.69) is 24.1 Å². The van der Waals surface area contributed by atoms with Crippen molar-refractivity contribution < 1.29 is 4.74 Å². The van der Waals surface area contributed by atoms with Gasteiger partial charge in [-0.05, 0) is 32.3 Å². The molecular formula is C14H19N3OS. The van der Waals surface area contributed by atoms with E-state index in [-0.39, 0.29) is 0 Å². The van der Waals surface area contributed by atoms with E-state index in [0.29, 0.717) is 6.10 Å². The lowest BCUT2D eigenvalue weighted by molar-refractivity contribution is 0.110. The first-order valence-electron chi connectivity index (χ1n) is 6.75. The number of ether oxygens (including phenoxy) is 1. The predicted octanol–water partition coefficient (Wildman–Crippen LogP) is 3.07. The van der Waals surface area contributed by atoms with Crippen LogP contribution in [0.4, 0.5) is 5.82 Å². The number of nitrogens with zero attached hydrogens (tertiary/aromatic N) is 2. The zero-order valence-electron chi connectivity index (χ0n) is 11.6. The van der Waals surface area contributed by atoms with Crippen LogP contribution in [-0.2, 0) is 11.2 Å². The highest BCUT2D eigenvalue weighted by atomic mass is 32.1. The summed E-state index contributed by atoms with van der Waals surface area (Å²) in [5, 5.41) is 4.37. The van der Waals surface area contributed by atoms with Crippen molar-refractivity contribution in [1.82, 2.24) is 9.97 Å². The minimum Gasteiger partial charge on any atom is -0.378 e. The molecule has 1 unspecified atom stereocenters. The molecule has 102 valence electrons. The van der Waals surface area contributed by atoms with Gasteiger partial charge in [0.1, 0.15) is 16.5 Å². The van der Waals surface area contributed by atoms with Crippen molar-refractivity contribution in [2.75, 3.05) is 19.0 Å². The molecule has 0 saturated carbocycles. The van der Waals surface area contributed by atoms with Gasteiger partial charge in [0.25, 0.3) is 0 Å². The molecule has 0 radical (unpaired) electrons. The summed E-state index contributed by atoms with van der Waals surface area (Å²) in [5.41, 5.74) is 1.29. The maximum Gasteiger partial charge on any atom is 0.138 e. The van der Waals surface area contributed by atoms with Gasteiger partial charge in [0, 0.05) is 25.0 Å². The van der Waals surface area contributed by atoms with Crippen molar-refractivity contribution in [3.63, 3.8) is 0 Å². The Hall–Kier alpha value is -1.20. The zero-order valence-corrected chi connectivity index (χ0v) is 12.4. The summed E-state index contributed by atoms with van der Waals surface area (Å²) in [7, 11) is 1.92. The molecule has 19 heavy (non-hydrogen) atoms. The van der Waals surface area contributed by atoms with Gasteiger partial charge in [0.15, 0.2) is 0 Å². The monoisotopic (exact) mass is 277 g/mol. The second kappa shape index (κ2) is 5.06. The second-order valence-electron chi connectivity index (χ2n) is 5.04. The van der Waals surface area contributed by atoms with Gasteiger partial charge in [-0.15, -0.1) is 11.3 Å². The van der Waals surface area contributed by atoms with E-state index in [4.69, 9.17) is 9.72 Å². The third-order valence-electron chi connectivity index (χ3n) is 3.75.